The van der Waals surface area contributed by atoms with E-state index in [2.05, 4.69) is 17.6 Å². The Morgan fingerprint density at radius 2 is 1.94 bits per heavy atom. The Bertz CT molecular complexity index is 924. The number of hydrogen-bond acceptors (Lipinski definition) is 5. The number of carbonyl (C=O) groups excluding carboxylic acids is 3. The predicted molar refractivity (Wildman–Crippen MR) is 128 cm³/mol. The molecule has 3 aliphatic rings. The average molecular weight is 472 g/mol. The van der Waals surface area contributed by atoms with Crippen molar-refractivity contribution in [3.63, 3.8) is 0 Å². The van der Waals surface area contributed by atoms with E-state index in [1.165, 1.54) is 0 Å². The van der Waals surface area contributed by atoms with Crippen LogP contribution >= 0.6 is 0 Å². The van der Waals surface area contributed by atoms with Crippen LogP contribution in [0.25, 0.3) is 0 Å². The maximum absolute atomic E-state index is 13.8. The Morgan fingerprint density at radius 1 is 1.21 bits per heavy atom. The number of nitrogens with one attached hydrogen (secondary N) is 2. The van der Waals surface area contributed by atoms with Crippen LogP contribution in [-0.4, -0.2) is 64.2 Å². The van der Waals surface area contributed by atoms with Crippen LogP contribution in [0.5, 0.6) is 0 Å². The minimum absolute atomic E-state index is 0.0197. The highest BCUT2D eigenvalue weighted by atomic mass is 16.5. The second-order valence-electron chi connectivity index (χ2n) is 10.2. The number of amides is 3. The summed E-state index contributed by atoms with van der Waals surface area (Å²) in [5.41, 5.74) is -1.15. The fraction of sp³-hybridized carbons (Fsp3) is 0.654. The molecule has 34 heavy (non-hydrogen) atoms. The van der Waals surface area contributed by atoms with E-state index in [9.17, 15) is 19.5 Å². The molecule has 1 spiro atoms. The van der Waals surface area contributed by atoms with E-state index >= 15 is 0 Å². The normalized spacial score (nSPS) is 32.5. The van der Waals surface area contributed by atoms with Crippen LogP contribution in [0.2, 0.25) is 0 Å². The van der Waals surface area contributed by atoms with Gasteiger partial charge in [0.15, 0.2) is 0 Å². The number of aliphatic hydroxyl groups excluding tert-OH is 1. The van der Waals surface area contributed by atoms with Gasteiger partial charge in [-0.15, -0.1) is 0 Å². The molecule has 3 unspecified atom stereocenters. The zero-order valence-corrected chi connectivity index (χ0v) is 20.4. The van der Waals surface area contributed by atoms with E-state index < -0.39 is 29.1 Å². The van der Waals surface area contributed by atoms with Crippen LogP contribution in [0.3, 0.4) is 0 Å². The van der Waals surface area contributed by atoms with Gasteiger partial charge < -0.3 is 25.4 Å². The molecule has 186 valence electrons. The van der Waals surface area contributed by atoms with E-state index in [0.717, 1.165) is 12.8 Å². The molecular formula is C26H37N3O5. The molecule has 3 fully saturated rings. The van der Waals surface area contributed by atoms with Gasteiger partial charge in [0.05, 0.1) is 17.4 Å². The summed E-state index contributed by atoms with van der Waals surface area (Å²) >= 11 is 0. The van der Waals surface area contributed by atoms with E-state index in [0.29, 0.717) is 37.9 Å². The molecular weight excluding hydrogens is 434 g/mol. The van der Waals surface area contributed by atoms with Gasteiger partial charge in [-0.25, -0.2) is 0 Å². The van der Waals surface area contributed by atoms with Gasteiger partial charge in [0.25, 0.3) is 0 Å². The van der Waals surface area contributed by atoms with Crippen LogP contribution < -0.4 is 10.6 Å². The first-order valence-corrected chi connectivity index (χ1v) is 12.5. The maximum Gasteiger partial charge on any atom is 0.246 e. The Balaban J connectivity index is 1.66. The van der Waals surface area contributed by atoms with Crippen molar-refractivity contribution in [2.45, 2.75) is 82.6 Å². The number of fused-ring (bicyclic) bond motifs is 1. The van der Waals surface area contributed by atoms with Crippen LogP contribution in [0.1, 0.15) is 59.3 Å². The average Bonchev–Trinajstić information content (AvgIpc) is 3.35. The first-order valence-electron chi connectivity index (χ1n) is 12.5. The smallest absolute Gasteiger partial charge is 0.246 e. The molecule has 8 heteroatoms. The summed E-state index contributed by atoms with van der Waals surface area (Å²) in [5.74, 6) is -2.04. The summed E-state index contributed by atoms with van der Waals surface area (Å²) in [6.45, 7) is 6.31. The predicted octanol–water partition coefficient (Wildman–Crippen LogP) is 2.47. The number of aliphatic hydroxyl groups is 1. The third-order valence-corrected chi connectivity index (χ3v) is 7.77. The van der Waals surface area contributed by atoms with Crippen molar-refractivity contribution in [2.24, 2.45) is 11.8 Å². The molecule has 0 aromatic heterocycles. The summed E-state index contributed by atoms with van der Waals surface area (Å²) in [6.07, 6.45) is 4.08. The monoisotopic (exact) mass is 471 g/mol. The first kappa shape index (κ1) is 24.7. The molecule has 3 heterocycles. The fourth-order valence-electron chi connectivity index (χ4n) is 6.33. The van der Waals surface area contributed by atoms with Crippen molar-refractivity contribution in [1.82, 2.24) is 10.2 Å². The number of nitrogens with zero attached hydrogens (tertiary/aromatic N) is 1. The van der Waals surface area contributed by atoms with Crippen molar-refractivity contribution in [2.75, 3.05) is 18.5 Å². The molecule has 2 bridgehead atoms. The van der Waals surface area contributed by atoms with E-state index in [-0.39, 0.29) is 30.4 Å². The molecule has 8 nitrogen and oxygen atoms in total. The number of anilines is 1. The third kappa shape index (κ3) is 4.11. The minimum Gasteiger partial charge on any atom is -0.396 e. The molecule has 3 N–H and O–H groups in total. The second kappa shape index (κ2) is 9.66. The zero-order valence-electron chi connectivity index (χ0n) is 20.4. The van der Waals surface area contributed by atoms with E-state index in [1.807, 2.05) is 44.2 Å². The number of para-hydroxylation sites is 1. The Labute approximate surface area is 201 Å². The Hall–Kier alpha value is -2.45. The number of hydrogen-bond donors (Lipinski definition) is 3. The van der Waals surface area contributed by atoms with Gasteiger partial charge in [-0.2, -0.15) is 0 Å². The highest BCUT2D eigenvalue weighted by molar-refractivity contribution is 6.02. The van der Waals surface area contributed by atoms with E-state index in [4.69, 9.17) is 4.74 Å². The topological polar surface area (TPSA) is 108 Å². The molecule has 0 saturated carbocycles. The van der Waals surface area contributed by atoms with Crippen molar-refractivity contribution in [3.8, 4) is 0 Å². The third-order valence-electron chi connectivity index (χ3n) is 7.77. The first-order chi connectivity index (χ1) is 16.3. The number of likely N-dealkylation sites (tertiary alicyclic amines) is 1. The molecule has 3 amide bonds. The van der Waals surface area contributed by atoms with Crippen LogP contribution in [0, 0.1) is 11.8 Å². The van der Waals surface area contributed by atoms with Gasteiger partial charge in [0.2, 0.25) is 17.7 Å². The summed E-state index contributed by atoms with van der Waals surface area (Å²) < 4.78 is 6.59. The summed E-state index contributed by atoms with van der Waals surface area (Å²) in [7, 11) is 0. The lowest BCUT2D eigenvalue weighted by Gasteiger charge is -2.34. The second-order valence-corrected chi connectivity index (χ2v) is 10.2. The molecule has 3 aliphatic heterocycles. The van der Waals surface area contributed by atoms with Crippen LogP contribution in [0.15, 0.2) is 30.3 Å². The van der Waals surface area contributed by atoms with Crippen molar-refractivity contribution in [3.05, 3.63) is 30.3 Å². The number of benzene rings is 1. The molecule has 3 saturated heterocycles. The van der Waals surface area contributed by atoms with Gasteiger partial charge >= 0.3 is 0 Å². The molecule has 0 radical (unpaired) electrons. The van der Waals surface area contributed by atoms with Crippen molar-refractivity contribution < 1.29 is 24.2 Å². The fourth-order valence-corrected chi connectivity index (χ4v) is 6.33. The van der Waals surface area contributed by atoms with Gasteiger partial charge in [-0.3, -0.25) is 14.4 Å². The summed E-state index contributed by atoms with van der Waals surface area (Å²) in [4.78, 5) is 42.5. The van der Waals surface area contributed by atoms with Gasteiger partial charge in [-0.05, 0) is 58.1 Å². The van der Waals surface area contributed by atoms with Crippen LogP contribution in [-0.2, 0) is 19.1 Å². The van der Waals surface area contributed by atoms with Crippen LogP contribution in [0.4, 0.5) is 5.69 Å². The summed E-state index contributed by atoms with van der Waals surface area (Å²) in [5, 5.41) is 15.3. The molecule has 6 atom stereocenters. The quantitative estimate of drug-likeness (QED) is 0.455. The Morgan fingerprint density at radius 3 is 2.62 bits per heavy atom. The lowest BCUT2D eigenvalue weighted by molar-refractivity contribution is -0.145. The SMILES string of the molecule is CCCC(C)NC(=O)C1N(CCCCO)C(=O)[C@@H]2[C@H](C(=O)Nc3ccccc3)[C@]3(C)CCC12O3. The number of ether oxygens (including phenoxy) is 1. The van der Waals surface area contributed by atoms with Gasteiger partial charge in [0, 0.05) is 24.9 Å². The highest BCUT2D eigenvalue weighted by Crippen LogP contribution is 2.63. The highest BCUT2D eigenvalue weighted by Gasteiger charge is 2.77. The molecule has 0 aliphatic carbocycles. The Kier molecular flexibility index (Phi) is 7.01. The number of carbonyl (C=O) groups is 3. The molecule has 1 aromatic rings. The van der Waals surface area contributed by atoms with Crippen molar-refractivity contribution >= 4 is 23.4 Å². The molecule has 4 rings (SSSR count). The number of unbranched alkanes of at least 4 members (excludes halogenated alkanes) is 1. The van der Waals surface area contributed by atoms with E-state index in [1.54, 1.807) is 4.90 Å². The lowest BCUT2D eigenvalue weighted by Crippen LogP contribution is -2.56. The molecule has 1 aromatic carbocycles. The lowest BCUT2D eigenvalue weighted by atomic mass is 9.66. The number of rotatable bonds is 10. The minimum atomic E-state index is -1.01. The zero-order chi connectivity index (χ0) is 24.5. The van der Waals surface area contributed by atoms with Gasteiger partial charge in [-0.1, -0.05) is 31.5 Å². The van der Waals surface area contributed by atoms with Gasteiger partial charge in [0.1, 0.15) is 11.6 Å². The maximum atomic E-state index is 13.8. The van der Waals surface area contributed by atoms with Crippen molar-refractivity contribution in [1.29, 1.82) is 0 Å². The standard InChI is InChI=1S/C26H37N3O5/c1-4-10-17(2)27-23(32)21-26-14-13-25(3,34-26)19(22(31)28-18-11-6-5-7-12-18)20(26)24(33)29(21)15-8-9-16-30/h5-7,11-12,17,19-21,30H,4,8-10,13-16H2,1-3H3,(H,27,32)(H,28,31)/t17?,19-,20+,21?,25+,26?/m1/s1. The largest absolute Gasteiger partial charge is 0.396 e. The summed E-state index contributed by atoms with van der Waals surface area (Å²) in [6, 6.07) is 8.39.